The average Bonchev–Trinajstić information content (AvgIpc) is 3.00. The van der Waals surface area contributed by atoms with Crippen LogP contribution in [0.2, 0.25) is 0 Å². The summed E-state index contributed by atoms with van der Waals surface area (Å²) in [6.45, 7) is 0. The molecule has 5 heteroatoms. The average molecular weight is 296 g/mol. The molecule has 4 nitrogen and oxygen atoms in total. The first-order valence-electron chi connectivity index (χ1n) is 6.81. The first-order valence-corrected chi connectivity index (χ1v) is 6.81. The minimum atomic E-state index is -0.565. The van der Waals surface area contributed by atoms with E-state index in [-0.39, 0.29) is 18.4 Å². The normalized spacial score (nSPS) is 27.5. The first kappa shape index (κ1) is 15.0. The molecule has 3 unspecified atom stereocenters. The first-order chi connectivity index (χ1) is 9.24. The van der Waals surface area contributed by atoms with Gasteiger partial charge in [-0.1, -0.05) is 24.6 Å². The number of fused-ring (bicyclic) bond motifs is 1. The fraction of sp³-hybridized carbons (Fsp3) is 0.467. The van der Waals surface area contributed by atoms with Crippen LogP contribution in [0.4, 0.5) is 0 Å². The number of hydrogen-bond donors (Lipinski definition) is 1. The third-order valence-electron chi connectivity index (χ3n) is 4.10. The minimum absolute atomic E-state index is 0. The van der Waals surface area contributed by atoms with Crippen LogP contribution in [0, 0.1) is 5.92 Å². The zero-order chi connectivity index (χ0) is 13.2. The van der Waals surface area contributed by atoms with Gasteiger partial charge in [-0.05, 0) is 37.3 Å². The number of hydrogen-bond acceptors (Lipinski definition) is 4. The Morgan fingerprint density at radius 1 is 1.15 bits per heavy atom. The van der Waals surface area contributed by atoms with Crippen molar-refractivity contribution in [2.75, 3.05) is 0 Å². The Kier molecular flexibility index (Phi) is 4.78. The molecule has 2 aliphatic rings. The topological polar surface area (TPSA) is 55.4 Å². The third-order valence-corrected chi connectivity index (χ3v) is 4.10. The second-order valence-electron chi connectivity index (χ2n) is 5.33. The summed E-state index contributed by atoms with van der Waals surface area (Å²) < 4.78 is 4.95. The molecule has 0 aromatic heterocycles. The van der Waals surface area contributed by atoms with E-state index in [0.717, 1.165) is 12.8 Å². The predicted molar refractivity (Wildman–Crippen MR) is 76.8 cm³/mol. The highest BCUT2D eigenvalue weighted by atomic mass is 35.5. The van der Waals surface area contributed by atoms with Gasteiger partial charge < -0.3 is 10.1 Å². The number of rotatable bonds is 2. The molecule has 108 valence electrons. The van der Waals surface area contributed by atoms with Gasteiger partial charge in [0.2, 0.25) is 0 Å². The molecule has 1 aromatic carbocycles. The number of esters is 2. The number of ether oxygens (including phenoxy) is 1. The lowest BCUT2D eigenvalue weighted by atomic mass is 10.0. The van der Waals surface area contributed by atoms with E-state index in [1.54, 1.807) is 24.3 Å². The zero-order valence-electron chi connectivity index (χ0n) is 11.1. The summed E-state index contributed by atoms with van der Waals surface area (Å²) in [6.07, 6.45) is 4.33. The molecule has 1 saturated heterocycles. The van der Waals surface area contributed by atoms with E-state index < -0.39 is 11.9 Å². The molecule has 0 amide bonds. The Morgan fingerprint density at radius 2 is 1.90 bits per heavy atom. The smallest absolute Gasteiger partial charge is 0.345 e. The van der Waals surface area contributed by atoms with Gasteiger partial charge in [-0.15, -0.1) is 12.4 Å². The Bertz CT molecular complexity index is 479. The van der Waals surface area contributed by atoms with Gasteiger partial charge in [-0.3, -0.25) is 0 Å². The zero-order valence-corrected chi connectivity index (χ0v) is 11.9. The summed E-state index contributed by atoms with van der Waals surface area (Å²) in [4.78, 5) is 23.7. The van der Waals surface area contributed by atoms with Crippen molar-refractivity contribution in [3.63, 3.8) is 0 Å². The van der Waals surface area contributed by atoms with E-state index in [2.05, 4.69) is 5.32 Å². The molecule has 1 heterocycles. The van der Waals surface area contributed by atoms with Gasteiger partial charge in [0.05, 0.1) is 5.56 Å². The third kappa shape index (κ3) is 3.02. The van der Waals surface area contributed by atoms with Crippen molar-refractivity contribution in [1.82, 2.24) is 5.32 Å². The Hall–Kier alpha value is -1.39. The molecule has 1 aromatic rings. The monoisotopic (exact) mass is 295 g/mol. The largest absolute Gasteiger partial charge is 0.388 e. The summed E-state index contributed by atoms with van der Waals surface area (Å²) in [5.41, 5.74) is 0.411. The molecular formula is C15H18ClNO3. The van der Waals surface area contributed by atoms with Crippen molar-refractivity contribution >= 4 is 24.3 Å². The Labute approximate surface area is 124 Å². The molecule has 1 aliphatic carbocycles. The summed E-state index contributed by atoms with van der Waals surface area (Å²) in [7, 11) is 0. The molecule has 0 bridgehead atoms. The summed E-state index contributed by atoms with van der Waals surface area (Å²) in [6, 6.07) is 8.72. The second kappa shape index (κ2) is 6.37. The van der Waals surface area contributed by atoms with Gasteiger partial charge in [-0.2, -0.15) is 0 Å². The predicted octanol–water partition coefficient (Wildman–Crippen LogP) is 2.32. The van der Waals surface area contributed by atoms with Crippen LogP contribution < -0.4 is 5.32 Å². The van der Waals surface area contributed by atoms with Crippen LogP contribution in [0.5, 0.6) is 0 Å². The molecule has 3 atom stereocenters. The molecule has 3 rings (SSSR count). The summed E-state index contributed by atoms with van der Waals surface area (Å²) in [5, 5.41) is 3.28. The van der Waals surface area contributed by atoms with E-state index in [1.165, 1.54) is 12.8 Å². The van der Waals surface area contributed by atoms with Crippen LogP contribution in [0.3, 0.4) is 0 Å². The molecule has 20 heavy (non-hydrogen) atoms. The van der Waals surface area contributed by atoms with E-state index >= 15 is 0 Å². The quantitative estimate of drug-likeness (QED) is 0.672. The SMILES string of the molecule is Cl.O=C(OC(=O)C1CC2CCCC2N1)c1ccccc1. The van der Waals surface area contributed by atoms with Crippen LogP contribution in [0.15, 0.2) is 30.3 Å². The number of halogens is 1. The van der Waals surface area contributed by atoms with Gasteiger partial charge >= 0.3 is 11.9 Å². The van der Waals surface area contributed by atoms with Gasteiger partial charge in [0, 0.05) is 6.04 Å². The number of carbonyl (C=O) groups excluding carboxylic acids is 2. The maximum atomic E-state index is 12.0. The second-order valence-corrected chi connectivity index (χ2v) is 5.33. The van der Waals surface area contributed by atoms with Gasteiger partial charge in [0.15, 0.2) is 0 Å². The Balaban J connectivity index is 0.00000147. The van der Waals surface area contributed by atoms with Crippen molar-refractivity contribution in [3.05, 3.63) is 35.9 Å². The van der Waals surface area contributed by atoms with Crippen molar-refractivity contribution in [2.24, 2.45) is 5.92 Å². The lowest BCUT2D eigenvalue weighted by Crippen LogP contribution is -2.37. The highest BCUT2D eigenvalue weighted by Gasteiger charge is 2.40. The van der Waals surface area contributed by atoms with Gasteiger partial charge in [0.25, 0.3) is 0 Å². The highest BCUT2D eigenvalue weighted by Crippen LogP contribution is 2.34. The maximum Gasteiger partial charge on any atom is 0.345 e. The molecule has 1 aliphatic heterocycles. The maximum absolute atomic E-state index is 12.0. The van der Waals surface area contributed by atoms with Crippen molar-refractivity contribution in [2.45, 2.75) is 37.8 Å². The van der Waals surface area contributed by atoms with E-state index in [4.69, 9.17) is 4.74 Å². The molecule has 2 fully saturated rings. The molecule has 1 saturated carbocycles. The highest BCUT2D eigenvalue weighted by molar-refractivity contribution is 5.98. The van der Waals surface area contributed by atoms with Crippen LogP contribution >= 0.6 is 12.4 Å². The van der Waals surface area contributed by atoms with Crippen molar-refractivity contribution in [3.8, 4) is 0 Å². The van der Waals surface area contributed by atoms with Crippen LogP contribution in [-0.4, -0.2) is 24.0 Å². The number of nitrogens with one attached hydrogen (secondary N) is 1. The summed E-state index contributed by atoms with van der Waals surface area (Å²) >= 11 is 0. The summed E-state index contributed by atoms with van der Waals surface area (Å²) in [5.74, 6) is -0.433. The Morgan fingerprint density at radius 3 is 2.60 bits per heavy atom. The van der Waals surface area contributed by atoms with Crippen molar-refractivity contribution in [1.29, 1.82) is 0 Å². The molecule has 0 radical (unpaired) electrons. The lowest BCUT2D eigenvalue weighted by Gasteiger charge is -2.11. The van der Waals surface area contributed by atoms with E-state index in [1.807, 2.05) is 6.07 Å². The van der Waals surface area contributed by atoms with Crippen LogP contribution in [-0.2, 0) is 9.53 Å². The molecule has 1 N–H and O–H groups in total. The molecule has 0 spiro atoms. The fourth-order valence-corrected chi connectivity index (χ4v) is 3.13. The lowest BCUT2D eigenvalue weighted by molar-refractivity contribution is -0.140. The van der Waals surface area contributed by atoms with E-state index in [9.17, 15) is 9.59 Å². The minimum Gasteiger partial charge on any atom is -0.388 e. The number of carbonyl (C=O) groups is 2. The standard InChI is InChI=1S/C15H17NO3.ClH/c17-14(10-5-2-1-3-6-10)19-15(18)13-9-11-7-4-8-12(11)16-13;/h1-3,5-6,11-13,16H,4,7-9H2;1H. The van der Waals surface area contributed by atoms with Gasteiger partial charge in [0.1, 0.15) is 6.04 Å². The fourth-order valence-electron chi connectivity index (χ4n) is 3.13. The van der Waals surface area contributed by atoms with Crippen LogP contribution in [0.1, 0.15) is 36.0 Å². The number of benzene rings is 1. The van der Waals surface area contributed by atoms with Crippen molar-refractivity contribution < 1.29 is 14.3 Å². The van der Waals surface area contributed by atoms with Crippen LogP contribution in [0.25, 0.3) is 0 Å². The molecular weight excluding hydrogens is 278 g/mol. The van der Waals surface area contributed by atoms with E-state index in [0.29, 0.717) is 17.5 Å². The van der Waals surface area contributed by atoms with Gasteiger partial charge in [-0.25, -0.2) is 9.59 Å².